The maximum Gasteiger partial charge on any atom is 0.261 e. The second kappa shape index (κ2) is 9.29. The topological polar surface area (TPSA) is 82.6 Å². The molecule has 1 aromatic carbocycles. The molecule has 2 aliphatic rings. The lowest BCUT2D eigenvalue weighted by molar-refractivity contribution is -0.121. The molecular weight excluding hydrogens is 392 g/mol. The summed E-state index contributed by atoms with van der Waals surface area (Å²) >= 11 is 0. The van der Waals surface area contributed by atoms with Gasteiger partial charge in [-0.05, 0) is 43.5 Å². The molecule has 1 fully saturated rings. The zero-order valence-electron chi connectivity index (χ0n) is 17.9. The highest BCUT2D eigenvalue weighted by Gasteiger charge is 2.35. The van der Waals surface area contributed by atoms with Gasteiger partial charge in [-0.15, -0.1) is 0 Å². The van der Waals surface area contributed by atoms with E-state index in [-0.39, 0.29) is 30.7 Å². The Hall–Kier alpha value is -3.22. The first-order valence-corrected chi connectivity index (χ1v) is 11.0. The Bertz CT molecular complexity index is 979. The molecule has 1 aromatic heterocycles. The molecule has 0 aliphatic carbocycles. The molecule has 1 N–H and O–H groups in total. The molecule has 0 bridgehead atoms. The number of imide groups is 1. The van der Waals surface area contributed by atoms with E-state index >= 15 is 0 Å². The Morgan fingerprint density at radius 2 is 1.74 bits per heavy atom. The molecule has 1 saturated heterocycles. The van der Waals surface area contributed by atoms with Gasteiger partial charge < -0.3 is 10.2 Å². The lowest BCUT2D eigenvalue weighted by Crippen LogP contribution is -2.34. The summed E-state index contributed by atoms with van der Waals surface area (Å²) in [6.07, 6.45) is 6.83. The van der Waals surface area contributed by atoms with Gasteiger partial charge in [-0.1, -0.05) is 30.5 Å². The van der Waals surface area contributed by atoms with Gasteiger partial charge in [0.05, 0.1) is 11.1 Å². The predicted molar refractivity (Wildman–Crippen MR) is 118 cm³/mol. The molecule has 3 amide bonds. The maximum absolute atomic E-state index is 12.5. The van der Waals surface area contributed by atoms with Crippen LogP contribution in [0.2, 0.25) is 0 Å². The Balaban J connectivity index is 1.26. The summed E-state index contributed by atoms with van der Waals surface area (Å²) in [6, 6.07) is 9.20. The standard InChI is InChI=1S/C24H28N4O3/c1-17-6-8-19-20(14-17)24(31)28(23(19)30)13-10-22(29)26-16-18-7-9-21(25-15-18)27-11-4-2-3-5-12-27/h6-9,14-15H,2-5,10-13,16H2,1H3,(H,26,29). The summed E-state index contributed by atoms with van der Waals surface area (Å²) in [5, 5.41) is 2.85. The van der Waals surface area contributed by atoms with Crippen LogP contribution in [0.15, 0.2) is 36.5 Å². The Labute approximate surface area is 182 Å². The molecule has 4 rings (SSSR count). The summed E-state index contributed by atoms with van der Waals surface area (Å²) in [4.78, 5) is 45.3. The number of hydrogen-bond donors (Lipinski definition) is 1. The molecule has 0 saturated carbocycles. The number of hydrogen-bond acceptors (Lipinski definition) is 5. The molecule has 2 aliphatic heterocycles. The molecule has 162 valence electrons. The smallest absolute Gasteiger partial charge is 0.261 e. The van der Waals surface area contributed by atoms with Crippen LogP contribution < -0.4 is 10.2 Å². The molecule has 3 heterocycles. The highest BCUT2D eigenvalue weighted by molar-refractivity contribution is 6.21. The minimum atomic E-state index is -0.332. The van der Waals surface area contributed by atoms with Gasteiger partial charge in [0.15, 0.2) is 0 Å². The van der Waals surface area contributed by atoms with Gasteiger partial charge in [-0.3, -0.25) is 19.3 Å². The van der Waals surface area contributed by atoms with Gasteiger partial charge in [0.25, 0.3) is 11.8 Å². The van der Waals surface area contributed by atoms with Gasteiger partial charge in [0.1, 0.15) is 5.82 Å². The SMILES string of the molecule is Cc1ccc2c(c1)C(=O)N(CCC(=O)NCc1ccc(N3CCCCCC3)nc1)C2=O. The van der Waals surface area contributed by atoms with Crippen molar-refractivity contribution in [3.05, 3.63) is 58.8 Å². The summed E-state index contributed by atoms with van der Waals surface area (Å²) in [5.74, 6) is 0.119. The largest absolute Gasteiger partial charge is 0.357 e. The molecule has 0 atom stereocenters. The highest BCUT2D eigenvalue weighted by atomic mass is 16.2. The Kier molecular flexibility index (Phi) is 6.30. The average Bonchev–Trinajstić information content (AvgIpc) is 2.96. The number of aromatic nitrogens is 1. The van der Waals surface area contributed by atoms with E-state index in [1.54, 1.807) is 18.3 Å². The second-order valence-electron chi connectivity index (χ2n) is 8.26. The van der Waals surface area contributed by atoms with Crippen LogP contribution in [0, 0.1) is 6.92 Å². The van der Waals surface area contributed by atoms with Crippen molar-refractivity contribution in [2.24, 2.45) is 0 Å². The van der Waals surface area contributed by atoms with E-state index < -0.39 is 0 Å². The lowest BCUT2D eigenvalue weighted by atomic mass is 10.1. The predicted octanol–water partition coefficient (Wildman–Crippen LogP) is 3.07. The van der Waals surface area contributed by atoms with Crippen LogP contribution in [-0.4, -0.2) is 47.2 Å². The van der Waals surface area contributed by atoms with Crippen LogP contribution in [0.1, 0.15) is 63.9 Å². The number of anilines is 1. The van der Waals surface area contributed by atoms with Crippen molar-refractivity contribution in [1.82, 2.24) is 15.2 Å². The first kappa shape index (κ1) is 21.0. The molecule has 0 spiro atoms. The minimum absolute atomic E-state index is 0.0728. The third-order valence-corrected chi connectivity index (χ3v) is 5.92. The van der Waals surface area contributed by atoms with E-state index in [0.717, 1.165) is 34.9 Å². The van der Waals surface area contributed by atoms with Crippen molar-refractivity contribution < 1.29 is 14.4 Å². The van der Waals surface area contributed by atoms with Gasteiger partial charge in [0, 0.05) is 38.8 Å². The second-order valence-corrected chi connectivity index (χ2v) is 8.26. The Morgan fingerprint density at radius 3 is 2.45 bits per heavy atom. The number of carbonyl (C=O) groups excluding carboxylic acids is 3. The van der Waals surface area contributed by atoms with E-state index in [9.17, 15) is 14.4 Å². The van der Waals surface area contributed by atoms with Crippen LogP contribution >= 0.6 is 0 Å². The van der Waals surface area contributed by atoms with Crippen molar-refractivity contribution >= 4 is 23.5 Å². The molecule has 7 heteroatoms. The first-order valence-electron chi connectivity index (χ1n) is 11.0. The van der Waals surface area contributed by atoms with Crippen molar-refractivity contribution in [3.63, 3.8) is 0 Å². The van der Waals surface area contributed by atoms with Crippen LogP contribution in [0.5, 0.6) is 0 Å². The molecule has 31 heavy (non-hydrogen) atoms. The number of nitrogens with one attached hydrogen (secondary N) is 1. The third-order valence-electron chi connectivity index (χ3n) is 5.92. The van der Waals surface area contributed by atoms with Crippen LogP contribution in [0.25, 0.3) is 0 Å². The summed E-state index contributed by atoms with van der Waals surface area (Å²) in [6.45, 7) is 4.40. The van der Waals surface area contributed by atoms with Gasteiger partial charge in [0.2, 0.25) is 5.91 Å². The highest BCUT2D eigenvalue weighted by Crippen LogP contribution is 2.24. The molecule has 0 radical (unpaired) electrons. The normalized spacial score (nSPS) is 16.3. The van der Waals surface area contributed by atoms with Crippen molar-refractivity contribution in [1.29, 1.82) is 0 Å². The van der Waals surface area contributed by atoms with E-state index in [4.69, 9.17) is 0 Å². The number of nitrogens with zero attached hydrogens (tertiary/aromatic N) is 3. The zero-order chi connectivity index (χ0) is 21.8. The number of rotatable bonds is 6. The van der Waals surface area contributed by atoms with Crippen molar-refractivity contribution in [2.45, 2.75) is 45.6 Å². The van der Waals surface area contributed by atoms with Crippen molar-refractivity contribution in [3.8, 4) is 0 Å². The fraction of sp³-hybridized carbons (Fsp3) is 0.417. The van der Waals surface area contributed by atoms with Crippen LogP contribution in [-0.2, 0) is 11.3 Å². The molecular formula is C24H28N4O3. The number of fused-ring (bicyclic) bond motifs is 1. The Morgan fingerprint density at radius 1 is 1.00 bits per heavy atom. The molecule has 2 aromatic rings. The van der Waals surface area contributed by atoms with E-state index in [0.29, 0.717) is 17.7 Å². The molecule has 7 nitrogen and oxygen atoms in total. The number of pyridine rings is 1. The zero-order valence-corrected chi connectivity index (χ0v) is 17.9. The van der Waals surface area contributed by atoms with Gasteiger partial charge >= 0.3 is 0 Å². The van der Waals surface area contributed by atoms with Crippen LogP contribution in [0.4, 0.5) is 5.82 Å². The van der Waals surface area contributed by atoms with E-state index in [1.165, 1.54) is 25.7 Å². The third kappa shape index (κ3) is 4.76. The van der Waals surface area contributed by atoms with Crippen molar-refractivity contribution in [2.75, 3.05) is 24.5 Å². The number of benzene rings is 1. The monoisotopic (exact) mass is 420 g/mol. The van der Waals surface area contributed by atoms with Gasteiger partial charge in [-0.2, -0.15) is 0 Å². The van der Waals surface area contributed by atoms with E-state index in [1.807, 2.05) is 25.1 Å². The number of carbonyl (C=O) groups is 3. The summed E-state index contributed by atoms with van der Waals surface area (Å²) < 4.78 is 0. The summed E-state index contributed by atoms with van der Waals surface area (Å²) in [7, 11) is 0. The maximum atomic E-state index is 12.5. The number of aryl methyl sites for hydroxylation is 1. The minimum Gasteiger partial charge on any atom is -0.357 e. The molecule has 0 unspecified atom stereocenters. The lowest BCUT2D eigenvalue weighted by Gasteiger charge is -2.21. The summed E-state index contributed by atoms with van der Waals surface area (Å²) in [5.41, 5.74) is 2.67. The first-order chi connectivity index (χ1) is 15.0. The number of amides is 3. The van der Waals surface area contributed by atoms with E-state index in [2.05, 4.69) is 15.2 Å². The van der Waals surface area contributed by atoms with Crippen LogP contribution in [0.3, 0.4) is 0 Å². The average molecular weight is 421 g/mol. The fourth-order valence-electron chi connectivity index (χ4n) is 4.12. The fourth-order valence-corrected chi connectivity index (χ4v) is 4.12. The quantitative estimate of drug-likeness (QED) is 0.727. The van der Waals surface area contributed by atoms with Gasteiger partial charge in [-0.25, -0.2) is 4.98 Å².